The monoisotopic (exact) mass is 410 g/mol. The quantitative estimate of drug-likeness (QED) is 0.626. The van der Waals surface area contributed by atoms with Crippen molar-refractivity contribution >= 4 is 17.2 Å². The maximum absolute atomic E-state index is 13.4. The number of pyridine rings is 1. The van der Waals surface area contributed by atoms with Crippen molar-refractivity contribution < 1.29 is 18.3 Å². The van der Waals surface area contributed by atoms with Crippen molar-refractivity contribution in [3.05, 3.63) is 63.4 Å². The molecule has 1 aliphatic carbocycles. The number of alkyl halides is 2. The van der Waals surface area contributed by atoms with Gasteiger partial charge in [0.05, 0.1) is 16.5 Å². The molecule has 154 valence electrons. The molecule has 30 heavy (non-hydrogen) atoms. The molecule has 3 aromatic rings. The molecule has 1 aliphatic heterocycles. The molecule has 0 amide bonds. The van der Waals surface area contributed by atoms with Crippen molar-refractivity contribution in [2.24, 2.45) is 0 Å². The highest BCUT2D eigenvalue weighted by molar-refractivity contribution is 5.95. The Hall–Kier alpha value is -3.06. The van der Waals surface area contributed by atoms with Crippen LogP contribution in [0.25, 0.3) is 22.0 Å². The van der Waals surface area contributed by atoms with Crippen LogP contribution in [-0.2, 0) is 6.54 Å². The third kappa shape index (κ3) is 3.01. The van der Waals surface area contributed by atoms with E-state index in [1.54, 1.807) is 16.7 Å². The number of nitrogens with zero attached hydrogens (tertiary/aromatic N) is 1. The molecule has 0 radical (unpaired) electrons. The Morgan fingerprint density at radius 2 is 2.03 bits per heavy atom. The molecule has 1 saturated carbocycles. The molecule has 1 fully saturated rings. The molecule has 0 bridgehead atoms. The van der Waals surface area contributed by atoms with Gasteiger partial charge in [-0.1, -0.05) is 12.1 Å². The molecule has 1 aromatic heterocycles. The Balaban J connectivity index is 1.80. The van der Waals surface area contributed by atoms with E-state index in [4.69, 9.17) is 4.74 Å². The number of carbonyl (C=O) groups is 1. The fourth-order valence-electron chi connectivity index (χ4n) is 4.32. The summed E-state index contributed by atoms with van der Waals surface area (Å²) in [6.45, 7) is -0.261. The fraction of sp³-hybridized carbons (Fsp3) is 0.304. The van der Waals surface area contributed by atoms with Crippen molar-refractivity contribution in [3.8, 4) is 16.9 Å². The Kier molecular flexibility index (Phi) is 4.43. The number of benzene rings is 2. The molecule has 0 saturated heterocycles. The van der Waals surface area contributed by atoms with Crippen molar-refractivity contribution in [1.29, 1.82) is 0 Å². The summed E-state index contributed by atoms with van der Waals surface area (Å²) >= 11 is 0. The largest absolute Gasteiger partial charge is 0.432 e. The Morgan fingerprint density at radius 1 is 1.23 bits per heavy atom. The lowest BCUT2D eigenvalue weighted by Gasteiger charge is -2.19. The molecular weight excluding hydrogens is 390 g/mol. The van der Waals surface area contributed by atoms with Crippen LogP contribution in [0.5, 0.6) is 5.75 Å². The first-order chi connectivity index (χ1) is 14.5. The fourth-order valence-corrected chi connectivity index (χ4v) is 4.32. The molecular formula is C23H20F2N2O3. The molecule has 7 heteroatoms. The zero-order chi connectivity index (χ0) is 21.0. The number of hydrogen-bond acceptors (Lipinski definition) is 4. The van der Waals surface area contributed by atoms with Gasteiger partial charge in [0.25, 0.3) is 0 Å². The average Bonchev–Trinajstić information content (AvgIpc) is 3.51. The number of nitrogens with one attached hydrogen (secondary N) is 1. The van der Waals surface area contributed by atoms with Gasteiger partial charge in [0, 0.05) is 30.4 Å². The standard InChI is InChI=1S/C23H20F2N2O3/c1-12-17-5-2-13(8-14(17)9-26-12)18-6-7-19-20(22(18)30-23(24)25)27(16-3-4-16)10-15(11-28)21(19)29/h2,5-8,10-12,16,23,26H,3-4,9H2,1H3/t12-/m1/s1. The highest BCUT2D eigenvalue weighted by Crippen LogP contribution is 2.43. The van der Waals surface area contributed by atoms with E-state index in [0.717, 1.165) is 24.0 Å². The minimum absolute atomic E-state index is 0.0164. The second-order valence-electron chi connectivity index (χ2n) is 7.90. The first-order valence-corrected chi connectivity index (χ1v) is 9.96. The van der Waals surface area contributed by atoms with Gasteiger partial charge < -0.3 is 14.6 Å². The Morgan fingerprint density at radius 3 is 2.73 bits per heavy atom. The maximum atomic E-state index is 13.4. The van der Waals surface area contributed by atoms with Gasteiger partial charge in [0.1, 0.15) is 0 Å². The van der Waals surface area contributed by atoms with E-state index in [9.17, 15) is 18.4 Å². The average molecular weight is 410 g/mol. The molecule has 0 unspecified atom stereocenters. The van der Waals surface area contributed by atoms with E-state index >= 15 is 0 Å². The Labute approximate surface area is 171 Å². The molecule has 5 rings (SSSR count). The number of hydrogen-bond donors (Lipinski definition) is 1. The molecule has 2 heterocycles. The predicted molar refractivity (Wildman–Crippen MR) is 109 cm³/mol. The van der Waals surface area contributed by atoms with Crippen molar-refractivity contribution in [2.45, 2.75) is 45.0 Å². The van der Waals surface area contributed by atoms with Gasteiger partial charge in [-0.25, -0.2) is 0 Å². The highest BCUT2D eigenvalue weighted by atomic mass is 19.3. The summed E-state index contributed by atoms with van der Waals surface area (Å²) in [7, 11) is 0. The lowest BCUT2D eigenvalue weighted by Crippen LogP contribution is -2.16. The molecule has 2 aliphatic rings. The van der Waals surface area contributed by atoms with E-state index in [0.29, 0.717) is 23.9 Å². The summed E-state index contributed by atoms with van der Waals surface area (Å²) in [5, 5.41) is 3.57. The number of carbonyl (C=O) groups excluding carboxylic acids is 1. The summed E-state index contributed by atoms with van der Waals surface area (Å²) in [6, 6.07) is 9.39. The Bertz CT molecular complexity index is 1230. The van der Waals surface area contributed by atoms with Crippen LogP contribution in [0.4, 0.5) is 8.78 Å². The third-order valence-electron chi connectivity index (χ3n) is 5.97. The van der Waals surface area contributed by atoms with Crippen molar-refractivity contribution in [1.82, 2.24) is 9.88 Å². The zero-order valence-electron chi connectivity index (χ0n) is 16.3. The van der Waals surface area contributed by atoms with Crippen LogP contribution < -0.4 is 15.5 Å². The number of aldehydes is 1. The van der Waals surface area contributed by atoms with E-state index in [1.807, 2.05) is 18.2 Å². The topological polar surface area (TPSA) is 60.3 Å². The number of fused-ring (bicyclic) bond motifs is 2. The second kappa shape index (κ2) is 7.02. The highest BCUT2D eigenvalue weighted by Gasteiger charge is 2.29. The van der Waals surface area contributed by atoms with Gasteiger partial charge in [-0.2, -0.15) is 8.78 Å². The normalized spacial score (nSPS) is 18.1. The van der Waals surface area contributed by atoms with Crippen LogP contribution in [-0.4, -0.2) is 17.5 Å². The molecule has 1 N–H and O–H groups in total. The molecule has 1 atom stereocenters. The van der Waals surface area contributed by atoms with Gasteiger partial charge in [-0.05, 0) is 54.7 Å². The van der Waals surface area contributed by atoms with Crippen LogP contribution in [0, 0.1) is 0 Å². The smallest absolute Gasteiger partial charge is 0.387 e. The minimum atomic E-state index is -3.04. The lowest BCUT2D eigenvalue weighted by molar-refractivity contribution is -0.0486. The summed E-state index contributed by atoms with van der Waals surface area (Å²) in [5.41, 5.74) is 3.39. The van der Waals surface area contributed by atoms with Gasteiger partial charge in [0.2, 0.25) is 0 Å². The van der Waals surface area contributed by atoms with Gasteiger partial charge >= 0.3 is 6.61 Å². The SMILES string of the molecule is C[C@H]1NCc2cc(-c3ccc4c(=O)c(C=O)cn(C5CC5)c4c3OC(F)F)ccc21. The van der Waals surface area contributed by atoms with Crippen molar-refractivity contribution in [3.63, 3.8) is 0 Å². The van der Waals surface area contributed by atoms with Gasteiger partial charge in [-0.3, -0.25) is 9.59 Å². The molecule has 0 spiro atoms. The van der Waals surface area contributed by atoms with Gasteiger partial charge in [-0.15, -0.1) is 0 Å². The number of aromatic nitrogens is 1. The zero-order valence-corrected chi connectivity index (χ0v) is 16.3. The first kappa shape index (κ1) is 18.9. The van der Waals surface area contributed by atoms with E-state index in [2.05, 4.69) is 12.2 Å². The number of ether oxygens (including phenoxy) is 1. The summed E-state index contributed by atoms with van der Waals surface area (Å²) < 4.78 is 33.6. The summed E-state index contributed by atoms with van der Waals surface area (Å²) in [6.07, 6.45) is 3.69. The number of rotatable bonds is 5. The number of halogens is 2. The van der Waals surface area contributed by atoms with E-state index < -0.39 is 12.0 Å². The molecule has 5 nitrogen and oxygen atoms in total. The van der Waals surface area contributed by atoms with Crippen molar-refractivity contribution in [2.75, 3.05) is 0 Å². The van der Waals surface area contributed by atoms with E-state index in [-0.39, 0.29) is 28.8 Å². The molecule has 2 aromatic carbocycles. The first-order valence-electron chi connectivity index (χ1n) is 9.96. The summed E-state index contributed by atoms with van der Waals surface area (Å²) in [5.74, 6) is -0.0251. The minimum Gasteiger partial charge on any atom is -0.432 e. The third-order valence-corrected chi connectivity index (χ3v) is 5.97. The summed E-state index contributed by atoms with van der Waals surface area (Å²) in [4.78, 5) is 24.1. The maximum Gasteiger partial charge on any atom is 0.387 e. The van der Waals surface area contributed by atoms with Crippen LogP contribution in [0.15, 0.2) is 41.3 Å². The van der Waals surface area contributed by atoms with Gasteiger partial charge in [0.15, 0.2) is 17.5 Å². The lowest BCUT2D eigenvalue weighted by atomic mass is 9.96. The van der Waals surface area contributed by atoms with Crippen LogP contribution in [0.3, 0.4) is 0 Å². The van der Waals surface area contributed by atoms with Crippen LogP contribution in [0.2, 0.25) is 0 Å². The predicted octanol–water partition coefficient (Wildman–Crippen LogP) is 4.58. The second-order valence-corrected chi connectivity index (χ2v) is 7.90. The van der Waals surface area contributed by atoms with E-state index in [1.165, 1.54) is 11.8 Å². The van der Waals surface area contributed by atoms with Crippen LogP contribution >= 0.6 is 0 Å². The van der Waals surface area contributed by atoms with Crippen LogP contribution in [0.1, 0.15) is 53.3 Å².